The number of fused-ring (bicyclic) bond motifs is 1. The highest BCUT2D eigenvalue weighted by Gasteiger charge is 2.26. The summed E-state index contributed by atoms with van der Waals surface area (Å²) < 4.78 is 13.1. The molecule has 4 nitrogen and oxygen atoms in total. The lowest BCUT2D eigenvalue weighted by Gasteiger charge is -2.17. The van der Waals surface area contributed by atoms with E-state index in [0.29, 0.717) is 32.4 Å². The molecule has 1 N–H and O–H groups in total. The summed E-state index contributed by atoms with van der Waals surface area (Å²) in [5.41, 5.74) is 2.75. The minimum Gasteiger partial charge on any atom is -0.354 e. The van der Waals surface area contributed by atoms with E-state index < -0.39 is 0 Å². The third-order valence-corrected chi connectivity index (χ3v) is 4.11. The first-order valence-corrected chi connectivity index (χ1v) is 8.03. The normalized spacial score (nSPS) is 13.0. The molecule has 0 atom stereocenters. The Morgan fingerprint density at radius 3 is 2.83 bits per heavy atom. The summed E-state index contributed by atoms with van der Waals surface area (Å²) in [7, 11) is 0. The summed E-state index contributed by atoms with van der Waals surface area (Å²) in [5, 5.41) is 2.82. The number of hydrogen-bond acceptors (Lipinski definition) is 2. The van der Waals surface area contributed by atoms with E-state index in [2.05, 4.69) is 5.32 Å². The maximum Gasteiger partial charge on any atom is 0.231 e. The molecule has 24 heavy (non-hydrogen) atoms. The SMILES string of the molecule is O=C(CCc1cccc(F)c1)NCCN1C(=O)Cc2ccccc21. The van der Waals surface area contributed by atoms with E-state index in [4.69, 9.17) is 0 Å². The Morgan fingerprint density at radius 1 is 1.17 bits per heavy atom. The molecule has 0 spiro atoms. The third kappa shape index (κ3) is 3.79. The number of aryl methyl sites for hydroxylation is 1. The number of anilines is 1. The highest BCUT2D eigenvalue weighted by molar-refractivity contribution is 6.01. The molecular formula is C19H19FN2O2. The topological polar surface area (TPSA) is 49.4 Å². The van der Waals surface area contributed by atoms with Gasteiger partial charge in [-0.1, -0.05) is 30.3 Å². The number of halogens is 1. The first-order chi connectivity index (χ1) is 11.6. The van der Waals surface area contributed by atoms with Crippen LogP contribution in [0.5, 0.6) is 0 Å². The van der Waals surface area contributed by atoms with E-state index in [1.165, 1.54) is 12.1 Å². The molecule has 3 rings (SSSR count). The van der Waals surface area contributed by atoms with Crippen LogP contribution in [0.3, 0.4) is 0 Å². The van der Waals surface area contributed by atoms with Crippen molar-refractivity contribution in [3.8, 4) is 0 Å². The molecule has 0 bridgehead atoms. The predicted octanol–water partition coefficient (Wildman–Crippen LogP) is 2.46. The first kappa shape index (κ1) is 16.2. The van der Waals surface area contributed by atoms with Crippen LogP contribution in [0.15, 0.2) is 48.5 Å². The van der Waals surface area contributed by atoms with Crippen LogP contribution < -0.4 is 10.2 Å². The zero-order valence-corrected chi connectivity index (χ0v) is 13.3. The second-order valence-corrected chi connectivity index (χ2v) is 5.83. The smallest absolute Gasteiger partial charge is 0.231 e. The fourth-order valence-electron chi connectivity index (χ4n) is 2.91. The molecule has 0 radical (unpaired) electrons. The largest absolute Gasteiger partial charge is 0.354 e. The number of hydrogen-bond donors (Lipinski definition) is 1. The highest BCUT2D eigenvalue weighted by atomic mass is 19.1. The summed E-state index contributed by atoms with van der Waals surface area (Å²) in [6, 6.07) is 14.0. The van der Waals surface area contributed by atoms with E-state index in [9.17, 15) is 14.0 Å². The summed E-state index contributed by atoms with van der Waals surface area (Å²) in [4.78, 5) is 25.6. The van der Waals surface area contributed by atoms with Crippen molar-refractivity contribution >= 4 is 17.5 Å². The van der Waals surface area contributed by atoms with E-state index in [1.54, 1.807) is 17.0 Å². The molecule has 0 aromatic heterocycles. The zero-order valence-electron chi connectivity index (χ0n) is 13.3. The number of nitrogens with zero attached hydrogens (tertiary/aromatic N) is 1. The fraction of sp³-hybridized carbons (Fsp3) is 0.263. The van der Waals surface area contributed by atoms with Gasteiger partial charge in [0.15, 0.2) is 0 Å². The molecule has 5 heteroatoms. The fourth-order valence-corrected chi connectivity index (χ4v) is 2.91. The number of carbonyl (C=O) groups excluding carboxylic acids is 2. The van der Waals surface area contributed by atoms with Gasteiger partial charge >= 0.3 is 0 Å². The molecule has 2 aromatic rings. The molecular weight excluding hydrogens is 307 g/mol. The van der Waals surface area contributed by atoms with Crippen LogP contribution in [0.25, 0.3) is 0 Å². The first-order valence-electron chi connectivity index (χ1n) is 8.03. The maximum absolute atomic E-state index is 13.1. The molecule has 124 valence electrons. The van der Waals surface area contributed by atoms with Crippen molar-refractivity contribution in [3.63, 3.8) is 0 Å². The van der Waals surface area contributed by atoms with Crippen LogP contribution in [-0.4, -0.2) is 24.9 Å². The van der Waals surface area contributed by atoms with Crippen molar-refractivity contribution in [2.75, 3.05) is 18.0 Å². The Kier molecular flexibility index (Phi) is 4.89. The van der Waals surface area contributed by atoms with Gasteiger partial charge in [0.05, 0.1) is 6.42 Å². The number of amides is 2. The Labute approximate surface area is 140 Å². The average Bonchev–Trinajstić information content (AvgIpc) is 2.89. The number of benzene rings is 2. The maximum atomic E-state index is 13.1. The molecule has 2 aromatic carbocycles. The molecule has 2 amide bonds. The Bertz CT molecular complexity index is 761. The van der Waals surface area contributed by atoms with E-state index >= 15 is 0 Å². The molecule has 1 aliphatic heterocycles. The summed E-state index contributed by atoms with van der Waals surface area (Å²) in [5.74, 6) is -0.330. The average molecular weight is 326 g/mol. The van der Waals surface area contributed by atoms with Crippen LogP contribution in [0, 0.1) is 5.82 Å². The molecule has 0 saturated heterocycles. The number of nitrogens with one attached hydrogen (secondary N) is 1. The van der Waals surface area contributed by atoms with E-state index in [1.807, 2.05) is 24.3 Å². The molecule has 0 aliphatic carbocycles. The molecule has 1 heterocycles. The van der Waals surface area contributed by atoms with Crippen LogP contribution in [0.4, 0.5) is 10.1 Å². The van der Waals surface area contributed by atoms with Crippen LogP contribution in [0.1, 0.15) is 17.5 Å². The molecule has 0 saturated carbocycles. The van der Waals surface area contributed by atoms with Gasteiger partial charge < -0.3 is 10.2 Å². The Balaban J connectivity index is 1.45. The van der Waals surface area contributed by atoms with E-state index in [0.717, 1.165) is 16.8 Å². The molecule has 0 fully saturated rings. The highest BCUT2D eigenvalue weighted by Crippen LogP contribution is 2.27. The van der Waals surface area contributed by atoms with Crippen LogP contribution in [-0.2, 0) is 22.4 Å². The lowest BCUT2D eigenvalue weighted by atomic mass is 10.1. The zero-order chi connectivity index (χ0) is 16.9. The predicted molar refractivity (Wildman–Crippen MR) is 90.2 cm³/mol. The lowest BCUT2D eigenvalue weighted by Crippen LogP contribution is -2.36. The number of rotatable bonds is 6. The van der Waals surface area contributed by atoms with Gasteiger partial charge in [0, 0.05) is 25.2 Å². The van der Waals surface area contributed by atoms with Crippen LogP contribution >= 0.6 is 0 Å². The van der Waals surface area contributed by atoms with Crippen molar-refractivity contribution in [2.24, 2.45) is 0 Å². The monoisotopic (exact) mass is 326 g/mol. The minimum atomic E-state index is -0.292. The quantitative estimate of drug-likeness (QED) is 0.886. The van der Waals surface area contributed by atoms with Gasteiger partial charge in [-0.25, -0.2) is 4.39 Å². The van der Waals surface area contributed by atoms with Gasteiger partial charge in [0.2, 0.25) is 11.8 Å². The van der Waals surface area contributed by atoms with Crippen molar-refractivity contribution in [1.29, 1.82) is 0 Å². The third-order valence-electron chi connectivity index (χ3n) is 4.11. The minimum absolute atomic E-state index is 0.0604. The van der Waals surface area contributed by atoms with Crippen LogP contribution in [0.2, 0.25) is 0 Å². The number of para-hydroxylation sites is 1. The van der Waals surface area contributed by atoms with Gasteiger partial charge in [-0.15, -0.1) is 0 Å². The summed E-state index contributed by atoms with van der Waals surface area (Å²) >= 11 is 0. The second kappa shape index (κ2) is 7.25. The number of carbonyl (C=O) groups is 2. The molecule has 1 aliphatic rings. The second-order valence-electron chi connectivity index (χ2n) is 5.83. The standard InChI is InChI=1S/C19H19FN2O2/c20-16-6-3-4-14(12-16)8-9-18(23)21-10-11-22-17-7-2-1-5-15(17)13-19(22)24/h1-7,12H,8-11,13H2,(H,21,23). The van der Waals surface area contributed by atoms with Gasteiger partial charge in [0.25, 0.3) is 0 Å². The van der Waals surface area contributed by atoms with Crippen molar-refractivity contribution < 1.29 is 14.0 Å². The summed E-state index contributed by atoms with van der Waals surface area (Å²) in [6.07, 6.45) is 1.22. The molecule has 0 unspecified atom stereocenters. The van der Waals surface area contributed by atoms with Gasteiger partial charge in [-0.05, 0) is 35.7 Å². The van der Waals surface area contributed by atoms with Gasteiger partial charge in [-0.3, -0.25) is 9.59 Å². The van der Waals surface area contributed by atoms with Crippen molar-refractivity contribution in [3.05, 3.63) is 65.5 Å². The summed E-state index contributed by atoms with van der Waals surface area (Å²) in [6.45, 7) is 0.865. The van der Waals surface area contributed by atoms with Gasteiger partial charge in [0.1, 0.15) is 5.82 Å². The Hall–Kier alpha value is -2.69. The lowest BCUT2D eigenvalue weighted by molar-refractivity contribution is -0.121. The van der Waals surface area contributed by atoms with Gasteiger partial charge in [-0.2, -0.15) is 0 Å². The van der Waals surface area contributed by atoms with Crippen molar-refractivity contribution in [2.45, 2.75) is 19.3 Å². The van der Waals surface area contributed by atoms with E-state index in [-0.39, 0.29) is 17.6 Å². The Morgan fingerprint density at radius 2 is 2.00 bits per heavy atom. The van der Waals surface area contributed by atoms with Crippen molar-refractivity contribution in [1.82, 2.24) is 5.32 Å².